The number of unbranched alkanes of at least 4 members (excludes halogenated alkanes) is 2. The van der Waals surface area contributed by atoms with Crippen molar-refractivity contribution in [1.82, 2.24) is 21.3 Å². The van der Waals surface area contributed by atoms with Crippen molar-refractivity contribution in [2.75, 3.05) is 59.8 Å². The smallest absolute Gasteiger partial charge is 0.242 e. The summed E-state index contributed by atoms with van der Waals surface area (Å²) in [5.74, 6) is -0.649. The van der Waals surface area contributed by atoms with Crippen molar-refractivity contribution in [2.24, 2.45) is 21.7 Å². The molecule has 0 saturated carbocycles. The molecule has 0 heterocycles. The average molecular weight is 671 g/mol. The zero-order valence-corrected chi connectivity index (χ0v) is 31.7. The predicted octanol–water partition coefficient (Wildman–Crippen LogP) is 4.76. The molecule has 11 nitrogen and oxygen atoms in total. The summed E-state index contributed by atoms with van der Waals surface area (Å²) < 4.78 is 17.2. The molecule has 0 aromatic carbocycles. The van der Waals surface area contributed by atoms with Crippen LogP contribution in [0.5, 0.6) is 0 Å². The van der Waals surface area contributed by atoms with Crippen molar-refractivity contribution in [3.8, 4) is 0 Å². The minimum atomic E-state index is -0.823. The molecule has 0 radical (unpaired) electrons. The zero-order chi connectivity index (χ0) is 36.2. The number of amides is 4. The molecule has 276 valence electrons. The van der Waals surface area contributed by atoms with Crippen LogP contribution in [0.15, 0.2) is 0 Å². The Morgan fingerprint density at radius 2 is 1.02 bits per heavy atom. The van der Waals surface area contributed by atoms with Crippen molar-refractivity contribution in [3.05, 3.63) is 0 Å². The largest absolute Gasteiger partial charge is 0.384 e. The number of methoxy groups -OCH3 is 1. The van der Waals surface area contributed by atoms with Crippen molar-refractivity contribution in [1.29, 1.82) is 0 Å². The topological polar surface area (TPSA) is 144 Å². The van der Waals surface area contributed by atoms with Gasteiger partial charge >= 0.3 is 0 Å². The highest BCUT2D eigenvalue weighted by Gasteiger charge is 2.28. The van der Waals surface area contributed by atoms with E-state index in [9.17, 15) is 19.2 Å². The zero-order valence-electron chi connectivity index (χ0n) is 31.7. The van der Waals surface area contributed by atoms with Crippen LogP contribution in [0.1, 0.15) is 121 Å². The van der Waals surface area contributed by atoms with Crippen LogP contribution in [-0.2, 0) is 33.4 Å². The van der Waals surface area contributed by atoms with Gasteiger partial charge in [0.2, 0.25) is 23.6 Å². The van der Waals surface area contributed by atoms with Crippen LogP contribution >= 0.6 is 0 Å². The van der Waals surface area contributed by atoms with E-state index in [0.717, 1.165) is 25.7 Å². The van der Waals surface area contributed by atoms with Gasteiger partial charge < -0.3 is 35.5 Å². The van der Waals surface area contributed by atoms with Crippen LogP contribution in [0.3, 0.4) is 0 Å². The standard InChI is InChI=1S/C36H70N4O7/c1-12-14-15-17-31(43)40-28(18-19-30(42)38-21-34(5,6)25-47-27-36(9,10)23-45-11)32(44)39-22-35(7,8)26-46-24-33(3,4)20-37-29(41)16-13-2/h28H,12-27H2,1-11H3,(H,37,41)(H,38,42)(H,39,44)(H,40,43)/t28-/m0/s1. The Labute approximate surface area is 286 Å². The minimum Gasteiger partial charge on any atom is -0.384 e. The Balaban J connectivity index is 5.01. The molecule has 0 saturated heterocycles. The molecule has 11 heteroatoms. The first-order valence-electron chi connectivity index (χ1n) is 17.5. The van der Waals surface area contributed by atoms with Crippen molar-refractivity contribution in [2.45, 2.75) is 127 Å². The van der Waals surface area contributed by atoms with Gasteiger partial charge in [-0.3, -0.25) is 19.2 Å². The minimum absolute atomic E-state index is 0.0418. The molecule has 0 aliphatic carbocycles. The molecule has 4 amide bonds. The summed E-state index contributed by atoms with van der Waals surface area (Å²) in [5.41, 5.74) is -0.997. The van der Waals surface area contributed by atoms with Gasteiger partial charge in [0, 0.05) is 67.7 Å². The van der Waals surface area contributed by atoms with E-state index < -0.39 is 6.04 Å². The van der Waals surface area contributed by atoms with Gasteiger partial charge in [-0.05, 0) is 19.3 Å². The molecular formula is C36H70N4O7. The molecule has 0 aromatic heterocycles. The molecule has 0 aliphatic heterocycles. The normalized spacial score (nSPS) is 13.2. The number of carbonyl (C=O) groups excluding carboxylic acids is 4. The van der Waals surface area contributed by atoms with Crippen LogP contribution in [0, 0.1) is 21.7 Å². The molecule has 0 unspecified atom stereocenters. The fraction of sp³-hybridized carbons (Fsp3) is 0.889. The molecule has 0 fully saturated rings. The van der Waals surface area contributed by atoms with Crippen molar-refractivity contribution < 1.29 is 33.4 Å². The Kier molecular flexibility index (Phi) is 21.3. The Hall–Kier alpha value is -2.24. The fourth-order valence-corrected chi connectivity index (χ4v) is 4.67. The van der Waals surface area contributed by atoms with E-state index in [2.05, 4.69) is 42.0 Å². The summed E-state index contributed by atoms with van der Waals surface area (Å²) in [4.78, 5) is 50.6. The molecule has 4 N–H and O–H groups in total. The SMILES string of the molecule is CCCCCC(=O)N[C@@H](CCC(=O)NCC(C)(C)COCC(C)(C)COC)C(=O)NCC(C)(C)COCC(C)(C)CNC(=O)CCC. The maximum absolute atomic E-state index is 13.3. The van der Waals surface area contributed by atoms with Gasteiger partial charge in [0.25, 0.3) is 0 Å². The van der Waals surface area contributed by atoms with E-state index in [1.54, 1.807) is 7.11 Å². The van der Waals surface area contributed by atoms with Gasteiger partial charge in [0.1, 0.15) is 6.04 Å². The quantitative estimate of drug-likeness (QED) is 0.0923. The maximum Gasteiger partial charge on any atom is 0.242 e. The first-order chi connectivity index (χ1) is 21.8. The average Bonchev–Trinajstić information content (AvgIpc) is 2.96. The number of ether oxygens (including phenoxy) is 3. The first-order valence-corrected chi connectivity index (χ1v) is 17.5. The first kappa shape index (κ1) is 44.8. The van der Waals surface area contributed by atoms with Crippen LogP contribution in [0.4, 0.5) is 0 Å². The lowest BCUT2D eigenvalue weighted by molar-refractivity contribution is -0.130. The molecule has 0 aromatic rings. The van der Waals surface area contributed by atoms with E-state index in [1.165, 1.54) is 0 Å². The molecular weight excluding hydrogens is 600 g/mol. The number of hydrogen-bond donors (Lipinski definition) is 4. The van der Waals surface area contributed by atoms with Crippen molar-refractivity contribution >= 4 is 23.6 Å². The van der Waals surface area contributed by atoms with Gasteiger partial charge in [0.15, 0.2) is 0 Å². The summed E-state index contributed by atoms with van der Waals surface area (Å²) in [6.07, 6.45) is 4.63. The van der Waals surface area contributed by atoms with E-state index in [4.69, 9.17) is 14.2 Å². The summed E-state index contributed by atoms with van der Waals surface area (Å²) in [5, 5.41) is 11.8. The summed E-state index contributed by atoms with van der Waals surface area (Å²) in [7, 11) is 1.67. The second-order valence-corrected chi connectivity index (χ2v) is 16.2. The molecule has 1 atom stereocenters. The second kappa shape index (κ2) is 22.4. The summed E-state index contributed by atoms with van der Waals surface area (Å²) in [6.45, 7) is 24.1. The molecule has 0 bridgehead atoms. The maximum atomic E-state index is 13.3. The van der Waals surface area contributed by atoms with E-state index in [0.29, 0.717) is 65.5 Å². The van der Waals surface area contributed by atoms with Gasteiger partial charge in [0.05, 0.1) is 33.0 Å². The van der Waals surface area contributed by atoms with Crippen LogP contribution in [0.25, 0.3) is 0 Å². The fourth-order valence-electron chi connectivity index (χ4n) is 4.67. The lowest BCUT2D eigenvalue weighted by atomic mass is 9.92. The number of carbonyl (C=O) groups is 4. The van der Waals surface area contributed by atoms with Gasteiger partial charge in [-0.15, -0.1) is 0 Å². The third-order valence-corrected chi connectivity index (χ3v) is 7.57. The Morgan fingerprint density at radius 1 is 0.553 bits per heavy atom. The van der Waals surface area contributed by atoms with Crippen LogP contribution < -0.4 is 21.3 Å². The van der Waals surface area contributed by atoms with Gasteiger partial charge in [-0.2, -0.15) is 0 Å². The Morgan fingerprint density at radius 3 is 1.49 bits per heavy atom. The van der Waals surface area contributed by atoms with Gasteiger partial charge in [-0.1, -0.05) is 82.1 Å². The Bertz CT molecular complexity index is 934. The van der Waals surface area contributed by atoms with E-state index in [-0.39, 0.29) is 58.1 Å². The third kappa shape index (κ3) is 23.7. The highest BCUT2D eigenvalue weighted by atomic mass is 16.5. The monoisotopic (exact) mass is 671 g/mol. The molecule has 0 rings (SSSR count). The molecule has 47 heavy (non-hydrogen) atoms. The molecule has 0 aliphatic rings. The third-order valence-electron chi connectivity index (χ3n) is 7.57. The van der Waals surface area contributed by atoms with Crippen molar-refractivity contribution in [3.63, 3.8) is 0 Å². The lowest BCUT2D eigenvalue weighted by Crippen LogP contribution is -2.49. The van der Waals surface area contributed by atoms with E-state index in [1.807, 2.05) is 48.5 Å². The summed E-state index contributed by atoms with van der Waals surface area (Å²) >= 11 is 0. The number of hydrogen-bond acceptors (Lipinski definition) is 7. The number of rotatable bonds is 27. The second-order valence-electron chi connectivity index (χ2n) is 16.2. The highest BCUT2D eigenvalue weighted by Crippen LogP contribution is 2.21. The summed E-state index contributed by atoms with van der Waals surface area (Å²) in [6, 6.07) is -0.823. The van der Waals surface area contributed by atoms with Crippen LogP contribution in [-0.4, -0.2) is 89.4 Å². The predicted molar refractivity (Wildman–Crippen MR) is 188 cm³/mol. The highest BCUT2D eigenvalue weighted by molar-refractivity contribution is 5.88. The molecule has 0 spiro atoms. The number of nitrogens with one attached hydrogen (secondary N) is 4. The van der Waals surface area contributed by atoms with Crippen LogP contribution in [0.2, 0.25) is 0 Å². The lowest BCUT2D eigenvalue weighted by Gasteiger charge is -2.30. The van der Waals surface area contributed by atoms with Gasteiger partial charge in [-0.25, -0.2) is 0 Å². The van der Waals surface area contributed by atoms with E-state index >= 15 is 0 Å².